The summed E-state index contributed by atoms with van der Waals surface area (Å²) < 4.78 is 82.3. The van der Waals surface area contributed by atoms with Crippen LogP contribution in [0.2, 0.25) is 0 Å². The molecule has 3 aromatic rings. The zero-order valence-electron chi connectivity index (χ0n) is 22.3. The molecule has 42 heavy (non-hydrogen) atoms. The number of hydrogen-bond acceptors (Lipinski definition) is 6. The number of carbonyl (C=O) groups excluding carboxylic acids is 1. The van der Waals surface area contributed by atoms with Gasteiger partial charge < -0.3 is 5.32 Å². The summed E-state index contributed by atoms with van der Waals surface area (Å²) in [7, 11) is -5.39. The Balaban J connectivity index is 1.25. The van der Waals surface area contributed by atoms with E-state index in [2.05, 4.69) is 20.0 Å². The second-order valence-electron chi connectivity index (χ2n) is 9.90. The molecule has 1 aromatic heterocycles. The van der Waals surface area contributed by atoms with Crippen LogP contribution >= 0.6 is 0 Å². The molecule has 1 amide bonds. The molecule has 0 saturated carbocycles. The fraction of sp³-hybridized carbons (Fsp3) is 0.250. The number of nitrogens with one attached hydrogen (secondary N) is 2. The molecule has 2 aliphatic rings. The predicted molar refractivity (Wildman–Crippen MR) is 153 cm³/mol. The van der Waals surface area contributed by atoms with Gasteiger partial charge >= 0.3 is 6.18 Å². The number of aryl methyl sites for hydroxylation is 1. The molecule has 1 fully saturated rings. The Labute approximate surface area is 243 Å². The number of carbonyl (C=O) groups is 1. The first-order valence-electron chi connectivity index (χ1n) is 12.8. The monoisotopic (exact) mass is 617 g/mol. The van der Waals surface area contributed by atoms with E-state index in [4.69, 9.17) is 0 Å². The van der Waals surface area contributed by atoms with Crippen molar-refractivity contribution in [2.45, 2.75) is 36.4 Å². The number of halogens is 3. The number of pyridine rings is 1. The van der Waals surface area contributed by atoms with E-state index in [0.29, 0.717) is 16.1 Å². The van der Waals surface area contributed by atoms with Gasteiger partial charge in [-0.3, -0.25) is 19.5 Å². The minimum atomic E-state index is -4.54. The highest BCUT2D eigenvalue weighted by Gasteiger charge is 2.47. The molecule has 1 spiro atoms. The highest BCUT2D eigenvalue weighted by molar-refractivity contribution is 7.92. The van der Waals surface area contributed by atoms with E-state index in [1.54, 1.807) is 49.6 Å². The Morgan fingerprint density at radius 2 is 1.86 bits per heavy atom. The predicted octanol–water partition coefficient (Wildman–Crippen LogP) is 4.26. The van der Waals surface area contributed by atoms with E-state index in [1.807, 2.05) is 0 Å². The average Bonchev–Trinajstić information content (AvgIpc) is 3.27. The lowest BCUT2D eigenvalue weighted by Crippen LogP contribution is -2.50. The average molecular weight is 618 g/mol. The molecule has 1 saturated heterocycles. The molecular weight excluding hydrogens is 591 g/mol. The van der Waals surface area contributed by atoms with Crippen molar-refractivity contribution < 1.29 is 30.6 Å². The number of alkyl halides is 3. The van der Waals surface area contributed by atoms with E-state index >= 15 is 0 Å². The Bertz CT molecular complexity index is 1700. The maximum absolute atomic E-state index is 13.1. The lowest BCUT2D eigenvalue weighted by molar-refractivity contribution is -0.137. The van der Waals surface area contributed by atoms with Gasteiger partial charge in [-0.05, 0) is 73.4 Å². The van der Waals surface area contributed by atoms with Crippen molar-refractivity contribution in [3.8, 4) is 0 Å². The third-order valence-corrected chi connectivity index (χ3v) is 9.77. The molecule has 2 aliphatic heterocycles. The molecule has 220 valence electrons. The number of sulfonamides is 1. The number of nitrogens with zero attached hydrogens (tertiary/aromatic N) is 3. The molecule has 2 N–H and O–H groups in total. The maximum atomic E-state index is 13.1. The Morgan fingerprint density at radius 3 is 2.52 bits per heavy atom. The van der Waals surface area contributed by atoms with E-state index in [0.717, 1.165) is 23.1 Å². The maximum Gasteiger partial charge on any atom is 0.416 e. The molecule has 0 aliphatic carbocycles. The zero-order chi connectivity index (χ0) is 30.1. The van der Waals surface area contributed by atoms with Crippen molar-refractivity contribution >= 4 is 44.5 Å². The minimum absolute atomic E-state index is 0.0103. The van der Waals surface area contributed by atoms with E-state index in [9.17, 15) is 30.6 Å². The molecule has 5 rings (SSSR count). The lowest BCUT2D eigenvalue weighted by atomic mass is 9.89. The fourth-order valence-corrected chi connectivity index (χ4v) is 6.84. The van der Waals surface area contributed by atoms with Crippen molar-refractivity contribution in [3.63, 3.8) is 0 Å². The lowest BCUT2D eigenvalue weighted by Gasteiger charge is -2.34. The molecule has 3 heterocycles. The molecular formula is C28H26F3N5O4S2. The third-order valence-electron chi connectivity index (χ3n) is 7.10. The van der Waals surface area contributed by atoms with Crippen molar-refractivity contribution in [2.24, 2.45) is 4.99 Å². The van der Waals surface area contributed by atoms with Gasteiger partial charge in [0, 0.05) is 30.3 Å². The van der Waals surface area contributed by atoms with Crippen LogP contribution in [0, 0.1) is 6.92 Å². The SMILES string of the molecule is Cc1cc(S(=O)Nc2cccnc2)ccc1/C=C/S(=O)(=O)N1CCC2(CC1)N=C(c1cccc(C(F)(F)F)c1)NC2=O. The van der Waals surface area contributed by atoms with Crippen LogP contribution in [0.1, 0.15) is 35.1 Å². The number of amidine groups is 1. The standard InChI is InChI=1S/C28H26F3N5O4S2/c1-19-16-24(41(38)35-23-6-3-12-32-18-23)8-7-20(19)9-15-42(39,40)36-13-10-27(11-14-36)26(37)33-25(34-27)21-4-2-5-22(17-21)28(29,30)31/h2-9,12,15-18,35H,10-11,13-14H2,1H3,(H,33,34,37)/b15-9+. The largest absolute Gasteiger partial charge is 0.416 e. The summed E-state index contributed by atoms with van der Waals surface area (Å²) in [6.07, 6.45) is 0.240. The van der Waals surface area contributed by atoms with E-state index in [1.165, 1.54) is 22.5 Å². The summed E-state index contributed by atoms with van der Waals surface area (Å²) in [4.78, 5) is 21.8. The van der Waals surface area contributed by atoms with Gasteiger partial charge in [0.15, 0.2) is 0 Å². The number of aromatic nitrogens is 1. The minimum Gasteiger partial charge on any atom is -0.308 e. The van der Waals surface area contributed by atoms with Crippen molar-refractivity contribution in [1.82, 2.24) is 14.6 Å². The first-order chi connectivity index (χ1) is 19.9. The fourth-order valence-electron chi connectivity index (χ4n) is 4.73. The second-order valence-corrected chi connectivity index (χ2v) is 12.9. The first kappa shape index (κ1) is 29.6. The van der Waals surface area contributed by atoms with Crippen molar-refractivity contribution in [1.29, 1.82) is 0 Å². The highest BCUT2D eigenvalue weighted by atomic mass is 32.2. The normalized spacial score (nSPS) is 18.2. The number of benzene rings is 2. The summed E-state index contributed by atoms with van der Waals surface area (Å²) in [5.41, 5.74) is -0.0296. The van der Waals surface area contributed by atoms with Crippen LogP contribution in [0.25, 0.3) is 6.08 Å². The number of piperidine rings is 1. The van der Waals surface area contributed by atoms with Gasteiger partial charge in [0.1, 0.15) is 22.4 Å². The van der Waals surface area contributed by atoms with E-state index in [-0.39, 0.29) is 37.3 Å². The summed E-state index contributed by atoms with van der Waals surface area (Å²) in [5, 5.41) is 3.66. The van der Waals surface area contributed by atoms with Gasteiger partial charge in [-0.15, -0.1) is 0 Å². The van der Waals surface area contributed by atoms with Crippen LogP contribution in [0.4, 0.5) is 18.9 Å². The summed E-state index contributed by atoms with van der Waals surface area (Å²) in [6, 6.07) is 13.0. The number of amides is 1. The smallest absolute Gasteiger partial charge is 0.308 e. The molecule has 14 heteroatoms. The van der Waals surface area contributed by atoms with Gasteiger partial charge in [-0.2, -0.15) is 17.5 Å². The van der Waals surface area contributed by atoms with Crippen LogP contribution in [-0.2, 0) is 32.0 Å². The zero-order valence-corrected chi connectivity index (χ0v) is 23.9. The number of rotatable bonds is 7. The van der Waals surface area contributed by atoms with Gasteiger partial charge in [0.25, 0.3) is 5.91 Å². The van der Waals surface area contributed by atoms with Crippen LogP contribution < -0.4 is 10.0 Å². The van der Waals surface area contributed by atoms with Gasteiger partial charge in [0.05, 0.1) is 22.3 Å². The topological polar surface area (TPSA) is 121 Å². The van der Waals surface area contributed by atoms with Gasteiger partial charge in [-0.25, -0.2) is 12.6 Å². The molecule has 0 radical (unpaired) electrons. The number of hydrogen-bond donors (Lipinski definition) is 2. The molecule has 0 bridgehead atoms. The second kappa shape index (κ2) is 11.4. The highest BCUT2D eigenvalue weighted by Crippen LogP contribution is 2.34. The first-order valence-corrected chi connectivity index (χ1v) is 15.5. The molecule has 1 unspecified atom stereocenters. The Hall–Kier alpha value is -3.88. The number of anilines is 1. The van der Waals surface area contributed by atoms with Crippen molar-refractivity contribution in [3.05, 3.63) is 94.7 Å². The Kier molecular flexibility index (Phi) is 8.05. The van der Waals surface area contributed by atoms with Gasteiger partial charge in [-0.1, -0.05) is 18.2 Å². The quantitative estimate of drug-likeness (QED) is 0.411. The van der Waals surface area contributed by atoms with Crippen LogP contribution in [-0.4, -0.2) is 52.3 Å². The van der Waals surface area contributed by atoms with E-state index < -0.39 is 44.2 Å². The van der Waals surface area contributed by atoms with Crippen LogP contribution in [0.15, 0.2) is 82.3 Å². The molecule has 2 aromatic carbocycles. The Morgan fingerprint density at radius 1 is 1.10 bits per heavy atom. The van der Waals surface area contributed by atoms with Gasteiger partial charge in [0.2, 0.25) is 10.0 Å². The third kappa shape index (κ3) is 6.30. The molecule has 9 nitrogen and oxygen atoms in total. The summed E-state index contributed by atoms with van der Waals surface area (Å²) in [5.74, 6) is -0.425. The van der Waals surface area contributed by atoms with Crippen LogP contribution in [0.3, 0.4) is 0 Å². The van der Waals surface area contributed by atoms with Crippen LogP contribution in [0.5, 0.6) is 0 Å². The molecule has 1 atom stereocenters. The summed E-state index contributed by atoms with van der Waals surface area (Å²) >= 11 is 0. The van der Waals surface area contributed by atoms with Crippen molar-refractivity contribution in [2.75, 3.05) is 17.8 Å². The number of aliphatic imine (C=N–C) groups is 1. The summed E-state index contributed by atoms with van der Waals surface area (Å²) in [6.45, 7) is 1.80.